The van der Waals surface area contributed by atoms with E-state index in [1.54, 1.807) is 0 Å². The number of rotatable bonds is 3. The number of hydrogen-bond acceptors (Lipinski definition) is 2. The number of fused-ring (bicyclic) bond motifs is 1. The summed E-state index contributed by atoms with van der Waals surface area (Å²) in [6.07, 6.45) is 1.90. The van der Waals surface area contributed by atoms with Crippen LogP contribution in [0, 0.1) is 6.92 Å². The van der Waals surface area contributed by atoms with Crippen LogP contribution in [0.1, 0.15) is 24.7 Å². The first-order chi connectivity index (χ1) is 7.22. The molecule has 0 aliphatic heterocycles. The van der Waals surface area contributed by atoms with E-state index < -0.39 is 0 Å². The Morgan fingerprint density at radius 3 is 2.80 bits per heavy atom. The van der Waals surface area contributed by atoms with Gasteiger partial charge in [0.1, 0.15) is 11.3 Å². The molecule has 1 aromatic carbocycles. The van der Waals surface area contributed by atoms with Gasteiger partial charge in [-0.3, -0.25) is 0 Å². The number of hydrogen-bond donors (Lipinski definition) is 1. The van der Waals surface area contributed by atoms with Gasteiger partial charge in [-0.05, 0) is 25.8 Å². The Balaban J connectivity index is 2.45. The Morgan fingerprint density at radius 1 is 1.33 bits per heavy atom. The first-order valence-electron chi connectivity index (χ1n) is 5.45. The SMILES string of the molecule is CCC(N)Cc1c(C)oc2ccccc12. The van der Waals surface area contributed by atoms with Gasteiger partial charge in [-0.2, -0.15) is 0 Å². The molecule has 15 heavy (non-hydrogen) atoms. The molecule has 1 unspecified atom stereocenters. The lowest BCUT2D eigenvalue weighted by molar-refractivity contribution is 0.562. The monoisotopic (exact) mass is 203 g/mol. The molecule has 0 aliphatic carbocycles. The van der Waals surface area contributed by atoms with Crippen molar-refractivity contribution in [3.8, 4) is 0 Å². The van der Waals surface area contributed by atoms with Crippen LogP contribution < -0.4 is 5.73 Å². The molecule has 80 valence electrons. The maximum atomic E-state index is 5.98. The Hall–Kier alpha value is -1.28. The lowest BCUT2D eigenvalue weighted by Crippen LogP contribution is -2.21. The van der Waals surface area contributed by atoms with E-state index in [4.69, 9.17) is 10.2 Å². The lowest BCUT2D eigenvalue weighted by Gasteiger charge is -2.07. The van der Waals surface area contributed by atoms with E-state index in [0.29, 0.717) is 0 Å². The van der Waals surface area contributed by atoms with E-state index in [9.17, 15) is 0 Å². The molecule has 1 atom stereocenters. The number of nitrogens with two attached hydrogens (primary N) is 1. The predicted octanol–water partition coefficient (Wildman–Crippen LogP) is 3.02. The molecule has 0 bridgehead atoms. The van der Waals surface area contributed by atoms with E-state index in [0.717, 1.165) is 24.2 Å². The molecular weight excluding hydrogens is 186 g/mol. The molecule has 1 heterocycles. The Bertz CT molecular complexity index is 459. The highest BCUT2D eigenvalue weighted by atomic mass is 16.3. The fraction of sp³-hybridized carbons (Fsp3) is 0.385. The van der Waals surface area contributed by atoms with Gasteiger partial charge in [0, 0.05) is 17.0 Å². The first kappa shape index (κ1) is 10.2. The van der Waals surface area contributed by atoms with E-state index in [1.165, 1.54) is 10.9 Å². The second-order valence-corrected chi connectivity index (χ2v) is 4.01. The molecule has 0 amide bonds. The second-order valence-electron chi connectivity index (χ2n) is 4.01. The molecule has 2 aromatic rings. The largest absolute Gasteiger partial charge is 0.461 e. The molecule has 0 saturated carbocycles. The molecule has 1 aromatic heterocycles. The fourth-order valence-electron chi connectivity index (χ4n) is 1.88. The van der Waals surface area contributed by atoms with Gasteiger partial charge in [-0.25, -0.2) is 0 Å². The van der Waals surface area contributed by atoms with Crippen LogP contribution >= 0.6 is 0 Å². The molecular formula is C13H17NO. The molecule has 2 N–H and O–H groups in total. The first-order valence-corrected chi connectivity index (χ1v) is 5.45. The van der Waals surface area contributed by atoms with Gasteiger partial charge >= 0.3 is 0 Å². The quantitative estimate of drug-likeness (QED) is 0.832. The van der Waals surface area contributed by atoms with Crippen molar-refractivity contribution in [2.24, 2.45) is 5.73 Å². The topological polar surface area (TPSA) is 39.2 Å². The minimum Gasteiger partial charge on any atom is -0.461 e. The Kier molecular flexibility index (Phi) is 2.78. The van der Waals surface area contributed by atoms with E-state index in [-0.39, 0.29) is 6.04 Å². The standard InChI is InChI=1S/C13H17NO/c1-3-10(14)8-12-9(2)15-13-7-5-4-6-11(12)13/h4-7,10H,3,8,14H2,1-2H3. The minimum atomic E-state index is 0.227. The summed E-state index contributed by atoms with van der Waals surface area (Å²) >= 11 is 0. The summed E-state index contributed by atoms with van der Waals surface area (Å²) < 4.78 is 5.69. The zero-order chi connectivity index (χ0) is 10.8. The summed E-state index contributed by atoms with van der Waals surface area (Å²) in [4.78, 5) is 0. The predicted molar refractivity (Wildman–Crippen MR) is 62.9 cm³/mol. The van der Waals surface area contributed by atoms with E-state index >= 15 is 0 Å². The fourth-order valence-corrected chi connectivity index (χ4v) is 1.88. The van der Waals surface area contributed by atoms with Gasteiger partial charge in [0.05, 0.1) is 0 Å². The van der Waals surface area contributed by atoms with Crippen molar-refractivity contribution < 1.29 is 4.42 Å². The molecule has 0 saturated heterocycles. The average molecular weight is 203 g/mol. The van der Waals surface area contributed by atoms with Crippen molar-refractivity contribution in [1.82, 2.24) is 0 Å². The van der Waals surface area contributed by atoms with Crippen LogP contribution in [-0.2, 0) is 6.42 Å². The second kappa shape index (κ2) is 4.07. The van der Waals surface area contributed by atoms with Crippen LogP contribution in [0.3, 0.4) is 0 Å². The van der Waals surface area contributed by atoms with Crippen LogP contribution in [0.5, 0.6) is 0 Å². The summed E-state index contributed by atoms with van der Waals surface area (Å²) in [5.41, 5.74) is 8.21. The number of furan rings is 1. The van der Waals surface area contributed by atoms with Gasteiger partial charge in [-0.15, -0.1) is 0 Å². The maximum absolute atomic E-state index is 5.98. The molecule has 2 heteroatoms. The van der Waals surface area contributed by atoms with E-state index in [2.05, 4.69) is 13.0 Å². The molecule has 0 spiro atoms. The summed E-state index contributed by atoms with van der Waals surface area (Å²) in [5.74, 6) is 1.00. The number of para-hydroxylation sites is 1. The summed E-state index contributed by atoms with van der Waals surface area (Å²) in [6, 6.07) is 8.37. The summed E-state index contributed by atoms with van der Waals surface area (Å²) in [6.45, 7) is 4.12. The van der Waals surface area contributed by atoms with Crippen LogP contribution in [0.15, 0.2) is 28.7 Å². The smallest absolute Gasteiger partial charge is 0.134 e. The van der Waals surface area contributed by atoms with Crippen molar-refractivity contribution in [3.05, 3.63) is 35.6 Å². The van der Waals surface area contributed by atoms with Crippen molar-refractivity contribution in [1.29, 1.82) is 0 Å². The van der Waals surface area contributed by atoms with Crippen molar-refractivity contribution in [2.45, 2.75) is 32.7 Å². The van der Waals surface area contributed by atoms with Crippen LogP contribution in [0.4, 0.5) is 0 Å². The van der Waals surface area contributed by atoms with Crippen LogP contribution in [0.2, 0.25) is 0 Å². The van der Waals surface area contributed by atoms with Gasteiger partial charge < -0.3 is 10.2 Å². The highest BCUT2D eigenvalue weighted by Crippen LogP contribution is 2.26. The minimum absolute atomic E-state index is 0.227. The van der Waals surface area contributed by atoms with Crippen molar-refractivity contribution in [2.75, 3.05) is 0 Å². The number of benzene rings is 1. The molecule has 2 rings (SSSR count). The third-order valence-corrected chi connectivity index (χ3v) is 2.89. The highest BCUT2D eigenvalue weighted by Gasteiger charge is 2.12. The van der Waals surface area contributed by atoms with Crippen molar-refractivity contribution in [3.63, 3.8) is 0 Å². The average Bonchev–Trinajstić information content (AvgIpc) is 2.55. The Morgan fingerprint density at radius 2 is 2.07 bits per heavy atom. The molecule has 2 nitrogen and oxygen atoms in total. The van der Waals surface area contributed by atoms with Gasteiger partial charge in [0.15, 0.2) is 0 Å². The van der Waals surface area contributed by atoms with E-state index in [1.807, 2.05) is 25.1 Å². The zero-order valence-electron chi connectivity index (χ0n) is 9.29. The van der Waals surface area contributed by atoms with Crippen LogP contribution in [-0.4, -0.2) is 6.04 Å². The van der Waals surface area contributed by atoms with Crippen LogP contribution in [0.25, 0.3) is 11.0 Å². The number of aryl methyl sites for hydroxylation is 1. The molecule has 0 fully saturated rings. The lowest BCUT2D eigenvalue weighted by atomic mass is 10.0. The summed E-state index contributed by atoms with van der Waals surface area (Å²) in [5, 5.41) is 1.21. The third kappa shape index (κ3) is 1.90. The molecule has 0 radical (unpaired) electrons. The zero-order valence-corrected chi connectivity index (χ0v) is 9.29. The third-order valence-electron chi connectivity index (χ3n) is 2.89. The van der Waals surface area contributed by atoms with Crippen molar-refractivity contribution >= 4 is 11.0 Å². The molecule has 0 aliphatic rings. The normalized spacial score (nSPS) is 13.3. The van der Waals surface area contributed by atoms with Gasteiger partial charge in [0.25, 0.3) is 0 Å². The van der Waals surface area contributed by atoms with Gasteiger partial charge in [-0.1, -0.05) is 25.1 Å². The Labute approximate surface area is 90.1 Å². The summed E-state index contributed by atoms with van der Waals surface area (Å²) in [7, 11) is 0. The maximum Gasteiger partial charge on any atom is 0.134 e. The highest BCUT2D eigenvalue weighted by molar-refractivity contribution is 5.82. The van der Waals surface area contributed by atoms with Gasteiger partial charge in [0.2, 0.25) is 0 Å².